The summed E-state index contributed by atoms with van der Waals surface area (Å²) in [5.74, 6) is 1.17. The van der Waals surface area contributed by atoms with Crippen LogP contribution in [-0.4, -0.2) is 23.9 Å². The third-order valence-electron chi connectivity index (χ3n) is 2.84. The van der Waals surface area contributed by atoms with Gasteiger partial charge in [-0.15, -0.1) is 0 Å². The van der Waals surface area contributed by atoms with Crippen LogP contribution in [0.1, 0.15) is 33.6 Å². The van der Waals surface area contributed by atoms with E-state index in [2.05, 4.69) is 20.8 Å². The number of hydrogen-bond donors (Lipinski definition) is 1. The highest BCUT2D eigenvalue weighted by Crippen LogP contribution is 2.26. The van der Waals surface area contributed by atoms with Gasteiger partial charge in [-0.3, -0.25) is 0 Å². The summed E-state index contributed by atoms with van der Waals surface area (Å²) < 4.78 is 5.56. The van der Waals surface area contributed by atoms with Gasteiger partial charge in [0.15, 0.2) is 0 Å². The van der Waals surface area contributed by atoms with Gasteiger partial charge in [-0.1, -0.05) is 20.8 Å². The van der Waals surface area contributed by atoms with E-state index in [1.807, 2.05) is 0 Å². The Labute approximate surface area is 74.9 Å². The van der Waals surface area contributed by atoms with Gasteiger partial charge in [-0.2, -0.15) is 0 Å². The van der Waals surface area contributed by atoms with Gasteiger partial charge >= 0.3 is 0 Å². The molecule has 2 heteroatoms. The van der Waals surface area contributed by atoms with Crippen molar-refractivity contribution in [3.05, 3.63) is 0 Å². The van der Waals surface area contributed by atoms with Gasteiger partial charge < -0.3 is 9.84 Å². The molecule has 12 heavy (non-hydrogen) atoms. The first kappa shape index (κ1) is 10.0. The lowest BCUT2D eigenvalue weighted by molar-refractivity contribution is -0.107. The van der Waals surface area contributed by atoms with Gasteiger partial charge in [0, 0.05) is 0 Å². The van der Waals surface area contributed by atoms with Gasteiger partial charge in [0.05, 0.1) is 18.8 Å². The molecule has 3 unspecified atom stereocenters. The molecule has 3 atom stereocenters. The molecule has 0 spiro atoms. The molecular formula is C10H20O2. The Kier molecular flexibility index (Phi) is 3.53. The Morgan fingerprint density at radius 3 is 2.58 bits per heavy atom. The van der Waals surface area contributed by atoms with Crippen molar-refractivity contribution in [1.29, 1.82) is 0 Å². The monoisotopic (exact) mass is 172 g/mol. The maximum atomic E-state index is 9.66. The Balaban J connectivity index is 2.40. The summed E-state index contributed by atoms with van der Waals surface area (Å²) in [6.45, 7) is 7.26. The molecule has 0 aliphatic carbocycles. The van der Waals surface area contributed by atoms with Crippen LogP contribution in [0.4, 0.5) is 0 Å². The van der Waals surface area contributed by atoms with Crippen molar-refractivity contribution in [2.75, 3.05) is 6.61 Å². The number of hydrogen-bond acceptors (Lipinski definition) is 2. The number of rotatable bonds is 2. The third-order valence-corrected chi connectivity index (χ3v) is 2.84. The third kappa shape index (κ3) is 2.20. The second kappa shape index (κ2) is 4.24. The lowest BCUT2D eigenvalue weighted by Gasteiger charge is -2.34. The molecule has 72 valence electrons. The zero-order chi connectivity index (χ0) is 9.14. The van der Waals surface area contributed by atoms with Crippen molar-refractivity contribution in [2.45, 2.75) is 45.8 Å². The molecular weight excluding hydrogens is 152 g/mol. The maximum Gasteiger partial charge on any atom is 0.0831 e. The number of ether oxygens (including phenoxy) is 1. The van der Waals surface area contributed by atoms with Crippen molar-refractivity contribution in [3.8, 4) is 0 Å². The van der Waals surface area contributed by atoms with Crippen LogP contribution in [0.5, 0.6) is 0 Å². The van der Waals surface area contributed by atoms with Crippen LogP contribution in [0.3, 0.4) is 0 Å². The van der Waals surface area contributed by atoms with E-state index in [1.54, 1.807) is 0 Å². The summed E-state index contributed by atoms with van der Waals surface area (Å²) in [4.78, 5) is 0. The average Bonchev–Trinajstić information content (AvgIpc) is 2.04. The maximum absolute atomic E-state index is 9.66. The van der Waals surface area contributed by atoms with Crippen LogP contribution in [-0.2, 0) is 4.74 Å². The molecule has 1 fully saturated rings. The smallest absolute Gasteiger partial charge is 0.0831 e. The van der Waals surface area contributed by atoms with Gasteiger partial charge in [-0.25, -0.2) is 0 Å². The van der Waals surface area contributed by atoms with Crippen LogP contribution < -0.4 is 0 Å². The predicted octanol–water partition coefficient (Wildman–Crippen LogP) is 1.82. The average molecular weight is 172 g/mol. The Bertz CT molecular complexity index is 134. The summed E-state index contributed by atoms with van der Waals surface area (Å²) >= 11 is 0. The Morgan fingerprint density at radius 2 is 2.17 bits per heavy atom. The molecule has 2 nitrogen and oxygen atoms in total. The summed E-state index contributed by atoms with van der Waals surface area (Å²) in [7, 11) is 0. The molecule has 0 bridgehead atoms. The quantitative estimate of drug-likeness (QED) is 0.688. The van der Waals surface area contributed by atoms with E-state index >= 15 is 0 Å². The standard InChI is InChI=1S/C10H20O2/c1-4-10-9(11)5-8(6-12-10)7(2)3/h7-11H,4-6H2,1-3H3. The Morgan fingerprint density at radius 1 is 1.50 bits per heavy atom. The molecule has 1 rings (SSSR count). The van der Waals surface area contributed by atoms with E-state index < -0.39 is 0 Å². The summed E-state index contributed by atoms with van der Waals surface area (Å²) in [6, 6.07) is 0. The molecule has 0 amide bonds. The van der Waals surface area contributed by atoms with E-state index in [9.17, 15) is 5.11 Å². The van der Waals surface area contributed by atoms with Crippen molar-refractivity contribution >= 4 is 0 Å². The van der Waals surface area contributed by atoms with Gasteiger partial charge in [0.2, 0.25) is 0 Å². The predicted molar refractivity (Wildman–Crippen MR) is 49.0 cm³/mol. The summed E-state index contributed by atoms with van der Waals surface area (Å²) in [5, 5.41) is 9.66. The van der Waals surface area contributed by atoms with Gasteiger partial charge in [0.25, 0.3) is 0 Å². The zero-order valence-corrected chi connectivity index (χ0v) is 8.29. The highest BCUT2D eigenvalue weighted by Gasteiger charge is 2.29. The van der Waals surface area contributed by atoms with Crippen LogP contribution >= 0.6 is 0 Å². The van der Waals surface area contributed by atoms with Crippen molar-refractivity contribution in [1.82, 2.24) is 0 Å². The largest absolute Gasteiger partial charge is 0.390 e. The SMILES string of the molecule is CCC1OCC(C(C)C)CC1O. The van der Waals surface area contributed by atoms with Crippen LogP contribution in [0.15, 0.2) is 0 Å². The molecule has 0 saturated carbocycles. The highest BCUT2D eigenvalue weighted by molar-refractivity contribution is 4.78. The fourth-order valence-corrected chi connectivity index (χ4v) is 1.74. The van der Waals surface area contributed by atoms with Crippen molar-refractivity contribution in [2.24, 2.45) is 11.8 Å². The number of aliphatic hydroxyl groups is 1. The second-order valence-corrected chi connectivity index (χ2v) is 4.09. The minimum atomic E-state index is -0.240. The molecule has 1 aliphatic rings. The van der Waals surface area contributed by atoms with E-state index in [-0.39, 0.29) is 12.2 Å². The van der Waals surface area contributed by atoms with Gasteiger partial charge in [-0.05, 0) is 24.7 Å². The van der Waals surface area contributed by atoms with Crippen LogP contribution in [0.2, 0.25) is 0 Å². The molecule has 1 N–H and O–H groups in total. The molecule has 0 aromatic heterocycles. The lowest BCUT2D eigenvalue weighted by atomic mass is 9.87. The molecule has 0 radical (unpaired) electrons. The van der Waals surface area contributed by atoms with E-state index in [4.69, 9.17) is 4.74 Å². The van der Waals surface area contributed by atoms with Crippen LogP contribution in [0.25, 0.3) is 0 Å². The molecule has 1 heterocycles. The van der Waals surface area contributed by atoms with E-state index in [0.717, 1.165) is 19.4 Å². The van der Waals surface area contributed by atoms with E-state index in [0.29, 0.717) is 11.8 Å². The summed E-state index contributed by atoms with van der Waals surface area (Å²) in [5.41, 5.74) is 0. The fraction of sp³-hybridized carbons (Fsp3) is 1.00. The lowest BCUT2D eigenvalue weighted by Crippen LogP contribution is -2.39. The van der Waals surface area contributed by atoms with E-state index in [1.165, 1.54) is 0 Å². The fourth-order valence-electron chi connectivity index (χ4n) is 1.74. The molecule has 0 aromatic carbocycles. The molecule has 1 saturated heterocycles. The van der Waals surface area contributed by atoms with Crippen molar-refractivity contribution in [3.63, 3.8) is 0 Å². The molecule has 0 aromatic rings. The first-order chi connectivity index (χ1) is 5.65. The van der Waals surface area contributed by atoms with Crippen molar-refractivity contribution < 1.29 is 9.84 Å². The minimum Gasteiger partial charge on any atom is -0.390 e. The summed E-state index contributed by atoms with van der Waals surface area (Å²) in [6.07, 6.45) is 1.68. The first-order valence-corrected chi connectivity index (χ1v) is 4.94. The Hall–Kier alpha value is -0.0800. The van der Waals surface area contributed by atoms with Crippen LogP contribution in [0, 0.1) is 11.8 Å². The first-order valence-electron chi connectivity index (χ1n) is 4.94. The van der Waals surface area contributed by atoms with Gasteiger partial charge in [0.1, 0.15) is 0 Å². The molecule has 1 aliphatic heterocycles. The second-order valence-electron chi connectivity index (χ2n) is 4.09. The zero-order valence-electron chi connectivity index (χ0n) is 8.29. The normalized spacial score (nSPS) is 37.2. The highest BCUT2D eigenvalue weighted by atomic mass is 16.5. The minimum absolute atomic E-state index is 0.0833. The topological polar surface area (TPSA) is 29.5 Å². The number of aliphatic hydroxyl groups excluding tert-OH is 1.